The summed E-state index contributed by atoms with van der Waals surface area (Å²) < 4.78 is 5.06. The van der Waals surface area contributed by atoms with Crippen molar-refractivity contribution in [1.29, 1.82) is 0 Å². The van der Waals surface area contributed by atoms with Gasteiger partial charge < -0.3 is 10.1 Å². The van der Waals surface area contributed by atoms with Crippen molar-refractivity contribution in [3.8, 4) is 0 Å². The van der Waals surface area contributed by atoms with E-state index in [-0.39, 0.29) is 17.4 Å². The number of nitrogens with one attached hydrogen (secondary N) is 1. The second-order valence-corrected chi connectivity index (χ2v) is 4.32. The lowest BCUT2D eigenvalue weighted by atomic mass is 9.83. The first-order valence-corrected chi connectivity index (χ1v) is 5.07. The fourth-order valence-electron chi connectivity index (χ4n) is 2.74. The average Bonchev–Trinajstić information content (AvgIpc) is 2.64. The van der Waals surface area contributed by atoms with Crippen molar-refractivity contribution >= 4 is 5.91 Å². The topological polar surface area (TPSA) is 38.3 Å². The minimum absolute atomic E-state index is 0.0107. The molecule has 1 spiro atoms. The Morgan fingerprint density at radius 1 is 1.54 bits per heavy atom. The zero-order chi connectivity index (χ0) is 9.31. The van der Waals surface area contributed by atoms with Gasteiger partial charge in [-0.3, -0.25) is 4.79 Å². The van der Waals surface area contributed by atoms with E-state index < -0.39 is 0 Å². The van der Waals surface area contributed by atoms with E-state index in [1.54, 1.807) is 7.11 Å². The van der Waals surface area contributed by atoms with E-state index in [2.05, 4.69) is 5.32 Å². The third-order valence-corrected chi connectivity index (χ3v) is 3.38. The van der Waals surface area contributed by atoms with Crippen LogP contribution in [0.15, 0.2) is 0 Å². The predicted octanol–water partition coefficient (Wildman–Crippen LogP) is 1.08. The Kier molecular flexibility index (Phi) is 2.28. The minimum Gasteiger partial charge on any atom is -0.383 e. The normalized spacial score (nSPS) is 31.2. The first-order chi connectivity index (χ1) is 6.27. The minimum atomic E-state index is -0.0107. The Hall–Kier alpha value is -0.570. The molecule has 0 bridgehead atoms. The highest BCUT2D eigenvalue weighted by molar-refractivity contribution is 5.85. The third kappa shape index (κ3) is 1.46. The lowest BCUT2D eigenvalue weighted by molar-refractivity contribution is -0.127. The molecule has 1 N–H and O–H groups in total. The van der Waals surface area contributed by atoms with Crippen LogP contribution in [0.4, 0.5) is 0 Å². The van der Waals surface area contributed by atoms with Crippen LogP contribution < -0.4 is 5.32 Å². The Morgan fingerprint density at radius 3 is 2.85 bits per heavy atom. The van der Waals surface area contributed by atoms with Gasteiger partial charge in [-0.05, 0) is 19.3 Å². The van der Waals surface area contributed by atoms with Gasteiger partial charge in [0.1, 0.15) is 0 Å². The Bertz CT molecular complexity index is 209. The summed E-state index contributed by atoms with van der Waals surface area (Å²) >= 11 is 0. The quantitative estimate of drug-likeness (QED) is 0.695. The molecule has 0 radical (unpaired) electrons. The summed E-state index contributed by atoms with van der Waals surface area (Å²) in [6.07, 6.45) is 5.58. The van der Waals surface area contributed by atoms with Crippen molar-refractivity contribution in [1.82, 2.24) is 5.32 Å². The monoisotopic (exact) mass is 183 g/mol. The van der Waals surface area contributed by atoms with Crippen LogP contribution in [-0.2, 0) is 9.53 Å². The number of hydrogen-bond donors (Lipinski definition) is 1. The number of amides is 1. The molecule has 2 rings (SSSR count). The van der Waals surface area contributed by atoms with Crippen molar-refractivity contribution in [3.63, 3.8) is 0 Å². The van der Waals surface area contributed by atoms with Gasteiger partial charge in [0.25, 0.3) is 0 Å². The molecule has 0 aromatic heterocycles. The number of hydrogen-bond acceptors (Lipinski definition) is 2. The van der Waals surface area contributed by atoms with Crippen LogP contribution in [-0.4, -0.2) is 25.7 Å². The van der Waals surface area contributed by atoms with E-state index >= 15 is 0 Å². The van der Waals surface area contributed by atoms with Crippen LogP contribution in [0.3, 0.4) is 0 Å². The van der Waals surface area contributed by atoms with E-state index in [9.17, 15) is 4.79 Å². The maximum Gasteiger partial charge on any atom is 0.226 e. The SMILES string of the molecule is COCC1CC2(CCCC2)C(=O)N1. The third-order valence-electron chi connectivity index (χ3n) is 3.38. The zero-order valence-electron chi connectivity index (χ0n) is 8.14. The lowest BCUT2D eigenvalue weighted by Gasteiger charge is -2.18. The molecule has 3 nitrogen and oxygen atoms in total. The highest BCUT2D eigenvalue weighted by Crippen LogP contribution is 2.45. The van der Waals surface area contributed by atoms with Gasteiger partial charge >= 0.3 is 0 Å². The van der Waals surface area contributed by atoms with E-state index in [0.717, 1.165) is 19.3 Å². The molecule has 1 aliphatic carbocycles. The predicted molar refractivity (Wildman–Crippen MR) is 49.3 cm³/mol. The molecule has 1 heterocycles. The summed E-state index contributed by atoms with van der Waals surface area (Å²) in [5.41, 5.74) is -0.0107. The Morgan fingerprint density at radius 2 is 2.23 bits per heavy atom. The molecule has 1 saturated heterocycles. The van der Waals surface area contributed by atoms with Crippen LogP contribution in [0.25, 0.3) is 0 Å². The summed E-state index contributed by atoms with van der Waals surface area (Å²) in [6, 6.07) is 0.260. The van der Waals surface area contributed by atoms with Gasteiger partial charge in [-0.1, -0.05) is 12.8 Å². The largest absolute Gasteiger partial charge is 0.383 e. The molecular formula is C10H17NO2. The summed E-state index contributed by atoms with van der Waals surface area (Å²) in [6.45, 7) is 0.660. The zero-order valence-corrected chi connectivity index (χ0v) is 8.14. The first kappa shape index (κ1) is 9.00. The van der Waals surface area contributed by atoms with Crippen molar-refractivity contribution in [2.45, 2.75) is 38.1 Å². The van der Waals surface area contributed by atoms with Gasteiger partial charge in [-0.15, -0.1) is 0 Å². The van der Waals surface area contributed by atoms with Crippen LogP contribution in [0.5, 0.6) is 0 Å². The van der Waals surface area contributed by atoms with Gasteiger partial charge in [0.15, 0.2) is 0 Å². The van der Waals surface area contributed by atoms with E-state index in [1.165, 1.54) is 12.8 Å². The summed E-state index contributed by atoms with van der Waals surface area (Å²) in [5.74, 6) is 0.270. The van der Waals surface area contributed by atoms with Gasteiger partial charge in [0.05, 0.1) is 18.1 Å². The fourth-order valence-corrected chi connectivity index (χ4v) is 2.74. The van der Waals surface area contributed by atoms with E-state index in [1.807, 2.05) is 0 Å². The van der Waals surface area contributed by atoms with Gasteiger partial charge in [0.2, 0.25) is 5.91 Å². The summed E-state index contributed by atoms with van der Waals surface area (Å²) in [4.78, 5) is 11.7. The number of ether oxygens (including phenoxy) is 1. The van der Waals surface area contributed by atoms with Crippen molar-refractivity contribution in [2.75, 3.05) is 13.7 Å². The van der Waals surface area contributed by atoms with Crippen LogP contribution in [0.2, 0.25) is 0 Å². The van der Waals surface area contributed by atoms with Crippen molar-refractivity contribution in [2.24, 2.45) is 5.41 Å². The number of methoxy groups -OCH3 is 1. The van der Waals surface area contributed by atoms with Gasteiger partial charge in [-0.2, -0.15) is 0 Å². The highest BCUT2D eigenvalue weighted by Gasteiger charge is 2.47. The molecule has 2 fully saturated rings. The molecule has 13 heavy (non-hydrogen) atoms. The standard InChI is InChI=1S/C10H17NO2/c1-13-7-8-6-10(9(12)11-8)4-2-3-5-10/h8H,2-7H2,1H3,(H,11,12). The smallest absolute Gasteiger partial charge is 0.226 e. The molecule has 1 saturated carbocycles. The maximum absolute atomic E-state index is 11.7. The van der Waals surface area contributed by atoms with Crippen molar-refractivity contribution < 1.29 is 9.53 Å². The highest BCUT2D eigenvalue weighted by atomic mass is 16.5. The lowest BCUT2D eigenvalue weighted by Crippen LogP contribution is -2.31. The Labute approximate surface area is 78.8 Å². The van der Waals surface area contributed by atoms with E-state index in [0.29, 0.717) is 6.61 Å². The average molecular weight is 183 g/mol. The molecule has 0 aromatic rings. The molecule has 0 aromatic carbocycles. The van der Waals surface area contributed by atoms with Gasteiger partial charge in [-0.25, -0.2) is 0 Å². The second-order valence-electron chi connectivity index (χ2n) is 4.32. The molecule has 1 amide bonds. The number of carbonyl (C=O) groups is 1. The molecule has 2 aliphatic rings. The maximum atomic E-state index is 11.7. The van der Waals surface area contributed by atoms with Crippen LogP contribution in [0, 0.1) is 5.41 Å². The summed E-state index contributed by atoms with van der Waals surface area (Å²) in [5, 5.41) is 3.02. The number of carbonyl (C=O) groups excluding carboxylic acids is 1. The molecule has 1 atom stereocenters. The Balaban J connectivity index is 2.02. The molecule has 3 heteroatoms. The van der Waals surface area contributed by atoms with Crippen LogP contribution >= 0.6 is 0 Å². The van der Waals surface area contributed by atoms with Crippen LogP contribution in [0.1, 0.15) is 32.1 Å². The van der Waals surface area contributed by atoms with Crippen molar-refractivity contribution in [3.05, 3.63) is 0 Å². The molecule has 74 valence electrons. The fraction of sp³-hybridized carbons (Fsp3) is 0.900. The van der Waals surface area contributed by atoms with Gasteiger partial charge in [0, 0.05) is 7.11 Å². The first-order valence-electron chi connectivity index (χ1n) is 5.07. The molecule has 1 unspecified atom stereocenters. The molecule has 1 aliphatic heterocycles. The molecular weight excluding hydrogens is 166 g/mol. The summed E-state index contributed by atoms with van der Waals surface area (Å²) in [7, 11) is 1.69. The second kappa shape index (κ2) is 3.29. The van der Waals surface area contributed by atoms with E-state index in [4.69, 9.17) is 4.74 Å². The number of rotatable bonds is 2.